The van der Waals surface area contributed by atoms with Crippen LogP contribution in [0.15, 0.2) is 12.1 Å². The third-order valence-electron chi connectivity index (χ3n) is 2.85. The summed E-state index contributed by atoms with van der Waals surface area (Å²) in [6.45, 7) is 8.47. The molecule has 2 N–H and O–H groups in total. The predicted octanol–water partition coefficient (Wildman–Crippen LogP) is 3.13. The molecule has 0 aliphatic carbocycles. The van der Waals surface area contributed by atoms with Crippen LogP contribution >= 0.6 is 0 Å². The van der Waals surface area contributed by atoms with Crippen molar-refractivity contribution in [1.29, 1.82) is 0 Å². The van der Waals surface area contributed by atoms with Gasteiger partial charge in [-0.3, -0.25) is 4.98 Å². The van der Waals surface area contributed by atoms with Gasteiger partial charge in [-0.25, -0.2) is 0 Å². The maximum Gasteiger partial charge on any atom is 0.0379 e. The zero-order valence-electron chi connectivity index (χ0n) is 10.2. The second-order valence-corrected chi connectivity index (χ2v) is 4.47. The van der Waals surface area contributed by atoms with Crippen molar-refractivity contribution in [2.24, 2.45) is 11.7 Å². The highest BCUT2D eigenvalue weighted by Crippen LogP contribution is 2.23. The van der Waals surface area contributed by atoms with E-state index >= 15 is 0 Å². The number of hydrogen-bond acceptors (Lipinski definition) is 2. The first-order chi connectivity index (χ1) is 7.04. The first-order valence-electron chi connectivity index (χ1n) is 5.75. The van der Waals surface area contributed by atoms with Gasteiger partial charge in [0.05, 0.1) is 0 Å². The molecule has 2 heteroatoms. The molecular weight excluding hydrogens is 184 g/mol. The van der Waals surface area contributed by atoms with Crippen LogP contribution in [-0.4, -0.2) is 4.98 Å². The van der Waals surface area contributed by atoms with E-state index in [0.717, 1.165) is 11.4 Å². The minimum absolute atomic E-state index is 0.144. The normalized spacial score (nSPS) is 15.0. The lowest BCUT2D eigenvalue weighted by atomic mass is 9.91. The van der Waals surface area contributed by atoms with Gasteiger partial charge >= 0.3 is 0 Å². The fourth-order valence-electron chi connectivity index (χ4n) is 2.02. The van der Waals surface area contributed by atoms with E-state index < -0.39 is 0 Å². The van der Waals surface area contributed by atoms with Crippen molar-refractivity contribution in [2.75, 3.05) is 0 Å². The Bertz CT molecular complexity index is 300. The molecule has 0 amide bonds. The summed E-state index contributed by atoms with van der Waals surface area (Å²) in [5.41, 5.74) is 9.58. The fraction of sp³-hybridized carbons (Fsp3) is 0.615. The standard InChI is InChI=1S/C13H22N2/c1-5-6-9(2)13(14)12-7-10(3)15-11(4)8-12/h7-9,13H,5-6,14H2,1-4H3. The predicted molar refractivity (Wildman–Crippen MR) is 64.7 cm³/mol. The highest BCUT2D eigenvalue weighted by Gasteiger charge is 2.14. The van der Waals surface area contributed by atoms with Crippen LogP contribution in [0.4, 0.5) is 0 Å². The molecule has 1 rings (SSSR count). The topological polar surface area (TPSA) is 38.9 Å². The summed E-state index contributed by atoms with van der Waals surface area (Å²) in [4.78, 5) is 4.37. The van der Waals surface area contributed by atoms with Crippen LogP contribution in [0.1, 0.15) is 49.7 Å². The van der Waals surface area contributed by atoms with E-state index in [0.29, 0.717) is 5.92 Å². The van der Waals surface area contributed by atoms with E-state index in [1.165, 1.54) is 18.4 Å². The molecule has 84 valence electrons. The van der Waals surface area contributed by atoms with E-state index in [9.17, 15) is 0 Å². The van der Waals surface area contributed by atoms with Gasteiger partial charge in [-0.1, -0.05) is 20.3 Å². The van der Waals surface area contributed by atoms with Gasteiger partial charge < -0.3 is 5.73 Å². The van der Waals surface area contributed by atoms with Gasteiger partial charge in [-0.05, 0) is 43.9 Å². The van der Waals surface area contributed by atoms with E-state index in [-0.39, 0.29) is 6.04 Å². The molecule has 2 unspecified atom stereocenters. The van der Waals surface area contributed by atoms with E-state index in [1.807, 2.05) is 13.8 Å². The van der Waals surface area contributed by atoms with Crippen LogP contribution in [0.5, 0.6) is 0 Å². The Kier molecular flexibility index (Phi) is 4.28. The second-order valence-electron chi connectivity index (χ2n) is 4.47. The number of rotatable bonds is 4. The summed E-state index contributed by atoms with van der Waals surface area (Å²) in [5.74, 6) is 0.538. The lowest BCUT2D eigenvalue weighted by Crippen LogP contribution is -2.19. The van der Waals surface area contributed by atoms with Crippen molar-refractivity contribution in [1.82, 2.24) is 4.98 Å². The Morgan fingerprint density at radius 3 is 2.27 bits per heavy atom. The molecule has 0 radical (unpaired) electrons. The van der Waals surface area contributed by atoms with Crippen molar-refractivity contribution < 1.29 is 0 Å². The molecule has 15 heavy (non-hydrogen) atoms. The van der Waals surface area contributed by atoms with Crippen molar-refractivity contribution >= 4 is 0 Å². The minimum Gasteiger partial charge on any atom is -0.324 e. The van der Waals surface area contributed by atoms with Gasteiger partial charge in [0.2, 0.25) is 0 Å². The number of aromatic nitrogens is 1. The first kappa shape index (κ1) is 12.2. The monoisotopic (exact) mass is 206 g/mol. The molecule has 0 aliphatic heterocycles. The third-order valence-corrected chi connectivity index (χ3v) is 2.85. The molecule has 1 aromatic rings. The van der Waals surface area contributed by atoms with Crippen molar-refractivity contribution in [3.8, 4) is 0 Å². The maximum atomic E-state index is 6.23. The fourth-order valence-corrected chi connectivity index (χ4v) is 2.02. The number of nitrogens with zero attached hydrogens (tertiary/aromatic N) is 1. The van der Waals surface area contributed by atoms with Crippen LogP contribution in [-0.2, 0) is 0 Å². The van der Waals surface area contributed by atoms with Gasteiger partial charge in [0.25, 0.3) is 0 Å². The molecule has 2 nitrogen and oxygen atoms in total. The van der Waals surface area contributed by atoms with Crippen LogP contribution in [0.2, 0.25) is 0 Å². The van der Waals surface area contributed by atoms with E-state index in [1.54, 1.807) is 0 Å². The van der Waals surface area contributed by atoms with Gasteiger partial charge in [0.1, 0.15) is 0 Å². The SMILES string of the molecule is CCCC(C)C(N)c1cc(C)nc(C)c1. The zero-order chi connectivity index (χ0) is 11.4. The Morgan fingerprint density at radius 2 is 1.80 bits per heavy atom. The second kappa shape index (κ2) is 5.26. The first-order valence-corrected chi connectivity index (χ1v) is 5.75. The largest absolute Gasteiger partial charge is 0.324 e. The molecular formula is C13H22N2. The van der Waals surface area contributed by atoms with Gasteiger partial charge in [0, 0.05) is 17.4 Å². The molecule has 0 fully saturated rings. The van der Waals surface area contributed by atoms with Crippen LogP contribution in [0.3, 0.4) is 0 Å². The van der Waals surface area contributed by atoms with Crippen molar-refractivity contribution in [2.45, 2.75) is 46.6 Å². The summed E-state index contributed by atoms with van der Waals surface area (Å²) >= 11 is 0. The third kappa shape index (κ3) is 3.31. The number of hydrogen-bond donors (Lipinski definition) is 1. The highest BCUT2D eigenvalue weighted by atomic mass is 14.7. The molecule has 0 aromatic carbocycles. The van der Waals surface area contributed by atoms with Gasteiger partial charge in [-0.2, -0.15) is 0 Å². The summed E-state index contributed by atoms with van der Waals surface area (Å²) in [7, 11) is 0. The molecule has 2 atom stereocenters. The van der Waals surface area contributed by atoms with Crippen LogP contribution < -0.4 is 5.73 Å². The summed E-state index contributed by atoms with van der Waals surface area (Å²) in [6.07, 6.45) is 2.37. The quantitative estimate of drug-likeness (QED) is 0.822. The molecule has 1 aromatic heterocycles. The van der Waals surface area contributed by atoms with Gasteiger partial charge in [0.15, 0.2) is 0 Å². The maximum absolute atomic E-state index is 6.23. The molecule has 0 spiro atoms. The molecule has 0 saturated heterocycles. The Morgan fingerprint density at radius 1 is 1.27 bits per heavy atom. The van der Waals surface area contributed by atoms with Crippen LogP contribution in [0, 0.1) is 19.8 Å². The smallest absolute Gasteiger partial charge is 0.0379 e. The average molecular weight is 206 g/mol. The molecule has 0 aliphatic rings. The van der Waals surface area contributed by atoms with E-state index in [2.05, 4.69) is 31.0 Å². The molecule has 0 saturated carbocycles. The summed E-state index contributed by atoms with van der Waals surface area (Å²) < 4.78 is 0. The van der Waals surface area contributed by atoms with Crippen molar-refractivity contribution in [3.05, 3.63) is 29.1 Å². The lowest BCUT2D eigenvalue weighted by molar-refractivity contribution is 0.433. The lowest BCUT2D eigenvalue weighted by Gasteiger charge is -2.20. The number of pyridine rings is 1. The van der Waals surface area contributed by atoms with Gasteiger partial charge in [-0.15, -0.1) is 0 Å². The average Bonchev–Trinajstić information content (AvgIpc) is 2.15. The van der Waals surface area contributed by atoms with Crippen molar-refractivity contribution in [3.63, 3.8) is 0 Å². The number of nitrogens with two attached hydrogens (primary N) is 1. The molecule has 0 bridgehead atoms. The number of aryl methyl sites for hydroxylation is 2. The van der Waals surface area contributed by atoms with Crippen LogP contribution in [0.25, 0.3) is 0 Å². The zero-order valence-corrected chi connectivity index (χ0v) is 10.2. The minimum atomic E-state index is 0.144. The Hall–Kier alpha value is -0.890. The summed E-state index contributed by atoms with van der Waals surface area (Å²) in [6, 6.07) is 4.35. The summed E-state index contributed by atoms with van der Waals surface area (Å²) in [5, 5.41) is 0. The highest BCUT2D eigenvalue weighted by molar-refractivity contribution is 5.23. The van der Waals surface area contributed by atoms with E-state index in [4.69, 9.17) is 5.73 Å². The Balaban J connectivity index is 2.85. The molecule has 1 heterocycles. The Labute approximate surface area is 92.9 Å².